The molecule has 24 heavy (non-hydrogen) atoms. The van der Waals surface area contributed by atoms with Crippen molar-refractivity contribution in [1.82, 2.24) is 29.6 Å². The summed E-state index contributed by atoms with van der Waals surface area (Å²) in [5.41, 5.74) is 0.751. The van der Waals surface area contributed by atoms with Crippen molar-refractivity contribution in [2.75, 3.05) is 37.6 Å². The van der Waals surface area contributed by atoms with Crippen molar-refractivity contribution in [1.29, 1.82) is 0 Å². The maximum absolute atomic E-state index is 12.6. The predicted octanol–water partition coefficient (Wildman–Crippen LogP) is 1.41. The SMILES string of the molecule is CCN(C(=O)N1CCN(c2ccc3nnc(C)n3n2)CC1)C(C)C. The van der Waals surface area contributed by atoms with E-state index in [1.807, 2.05) is 35.8 Å². The van der Waals surface area contributed by atoms with Crippen LogP contribution in [0.15, 0.2) is 12.1 Å². The van der Waals surface area contributed by atoms with Crippen LogP contribution in [-0.4, -0.2) is 74.4 Å². The van der Waals surface area contributed by atoms with Gasteiger partial charge in [0.25, 0.3) is 0 Å². The normalized spacial score (nSPS) is 15.4. The zero-order valence-electron chi connectivity index (χ0n) is 14.8. The molecule has 3 rings (SSSR count). The van der Waals surface area contributed by atoms with Crippen molar-refractivity contribution >= 4 is 17.5 Å². The molecule has 2 aromatic rings. The lowest BCUT2D eigenvalue weighted by Crippen LogP contribution is -2.54. The van der Waals surface area contributed by atoms with E-state index < -0.39 is 0 Å². The summed E-state index contributed by atoms with van der Waals surface area (Å²) < 4.78 is 1.75. The standard InChI is InChI=1S/C16H25N7O/c1-5-22(12(2)3)16(24)21-10-8-20(9-11-21)15-7-6-14-18-17-13(4)23(14)19-15/h6-7,12H,5,8-11H2,1-4H3. The van der Waals surface area contributed by atoms with Crippen molar-refractivity contribution in [3.8, 4) is 0 Å². The summed E-state index contributed by atoms with van der Waals surface area (Å²) in [4.78, 5) is 18.6. The zero-order valence-corrected chi connectivity index (χ0v) is 14.8. The second-order valence-corrected chi connectivity index (χ2v) is 6.35. The lowest BCUT2D eigenvalue weighted by molar-refractivity contribution is 0.140. The Morgan fingerprint density at radius 1 is 1.21 bits per heavy atom. The second kappa shape index (κ2) is 6.62. The van der Waals surface area contributed by atoms with Crippen LogP contribution in [0.1, 0.15) is 26.6 Å². The summed E-state index contributed by atoms with van der Waals surface area (Å²) in [5.74, 6) is 1.67. The van der Waals surface area contributed by atoms with Gasteiger partial charge in [0, 0.05) is 38.8 Å². The molecule has 0 saturated carbocycles. The molecule has 0 atom stereocenters. The first kappa shape index (κ1) is 16.5. The third-order valence-corrected chi connectivity index (χ3v) is 4.49. The van der Waals surface area contributed by atoms with Crippen LogP contribution in [0.5, 0.6) is 0 Å². The molecule has 0 spiro atoms. The number of hydrogen-bond donors (Lipinski definition) is 0. The molecule has 3 heterocycles. The predicted molar refractivity (Wildman–Crippen MR) is 92.2 cm³/mol. The molecule has 0 N–H and O–H groups in total. The molecule has 0 unspecified atom stereocenters. The van der Waals surface area contributed by atoms with Crippen molar-refractivity contribution in [2.45, 2.75) is 33.7 Å². The third-order valence-electron chi connectivity index (χ3n) is 4.49. The molecule has 0 aliphatic carbocycles. The van der Waals surface area contributed by atoms with Crippen LogP contribution in [0.3, 0.4) is 0 Å². The van der Waals surface area contributed by atoms with Gasteiger partial charge in [-0.15, -0.1) is 15.3 Å². The number of urea groups is 1. The first-order chi connectivity index (χ1) is 11.5. The highest BCUT2D eigenvalue weighted by molar-refractivity contribution is 5.75. The van der Waals surface area contributed by atoms with E-state index in [4.69, 9.17) is 0 Å². The molecular formula is C16H25N7O. The molecular weight excluding hydrogens is 306 g/mol. The first-order valence-electron chi connectivity index (χ1n) is 8.50. The number of carbonyl (C=O) groups excluding carboxylic acids is 1. The number of amides is 2. The van der Waals surface area contributed by atoms with Crippen LogP contribution in [0, 0.1) is 6.92 Å². The van der Waals surface area contributed by atoms with Gasteiger partial charge in [-0.25, -0.2) is 4.79 Å². The Morgan fingerprint density at radius 3 is 2.54 bits per heavy atom. The zero-order chi connectivity index (χ0) is 17.3. The fourth-order valence-corrected chi connectivity index (χ4v) is 3.08. The van der Waals surface area contributed by atoms with E-state index in [0.29, 0.717) is 13.1 Å². The number of piperazine rings is 1. The average Bonchev–Trinajstić information content (AvgIpc) is 2.96. The maximum Gasteiger partial charge on any atom is 0.320 e. The minimum atomic E-state index is 0.130. The van der Waals surface area contributed by atoms with E-state index in [9.17, 15) is 4.79 Å². The summed E-state index contributed by atoms with van der Waals surface area (Å²) >= 11 is 0. The van der Waals surface area contributed by atoms with E-state index in [0.717, 1.165) is 36.9 Å². The molecule has 8 nitrogen and oxygen atoms in total. The van der Waals surface area contributed by atoms with E-state index in [1.54, 1.807) is 4.52 Å². The van der Waals surface area contributed by atoms with Crippen LogP contribution in [0.4, 0.5) is 10.6 Å². The summed E-state index contributed by atoms with van der Waals surface area (Å²) in [6, 6.07) is 4.25. The van der Waals surface area contributed by atoms with Crippen molar-refractivity contribution < 1.29 is 4.79 Å². The Kier molecular flexibility index (Phi) is 4.55. The smallest absolute Gasteiger partial charge is 0.320 e. The Labute approximate surface area is 142 Å². The van der Waals surface area contributed by atoms with Crippen molar-refractivity contribution in [3.05, 3.63) is 18.0 Å². The van der Waals surface area contributed by atoms with E-state index in [2.05, 4.69) is 34.0 Å². The molecule has 0 radical (unpaired) electrons. The lowest BCUT2D eigenvalue weighted by Gasteiger charge is -2.38. The average molecular weight is 331 g/mol. The number of aryl methyl sites for hydroxylation is 1. The topological polar surface area (TPSA) is 69.9 Å². The van der Waals surface area contributed by atoms with Gasteiger partial charge in [-0.1, -0.05) is 0 Å². The number of nitrogens with zero attached hydrogens (tertiary/aromatic N) is 7. The second-order valence-electron chi connectivity index (χ2n) is 6.35. The molecule has 8 heteroatoms. The number of hydrogen-bond acceptors (Lipinski definition) is 5. The molecule has 0 aromatic carbocycles. The minimum absolute atomic E-state index is 0.130. The van der Waals surface area contributed by atoms with Gasteiger partial charge >= 0.3 is 6.03 Å². The van der Waals surface area contributed by atoms with Crippen molar-refractivity contribution in [2.24, 2.45) is 0 Å². The Bertz CT molecular complexity index is 718. The van der Waals surface area contributed by atoms with Crippen LogP contribution >= 0.6 is 0 Å². The minimum Gasteiger partial charge on any atom is -0.352 e. The van der Waals surface area contributed by atoms with Gasteiger partial charge in [0.05, 0.1) is 0 Å². The Morgan fingerprint density at radius 2 is 1.92 bits per heavy atom. The molecule has 1 fully saturated rings. The molecule has 0 bridgehead atoms. The Balaban J connectivity index is 1.67. The van der Waals surface area contributed by atoms with E-state index >= 15 is 0 Å². The summed E-state index contributed by atoms with van der Waals surface area (Å²) in [7, 11) is 0. The molecule has 1 aliphatic rings. The van der Waals surface area contributed by atoms with Gasteiger partial charge in [-0.2, -0.15) is 4.52 Å². The quantitative estimate of drug-likeness (QED) is 0.850. The third kappa shape index (κ3) is 3.00. The molecule has 1 saturated heterocycles. The van der Waals surface area contributed by atoms with Crippen molar-refractivity contribution in [3.63, 3.8) is 0 Å². The largest absolute Gasteiger partial charge is 0.352 e. The van der Waals surface area contributed by atoms with Gasteiger partial charge in [-0.3, -0.25) is 0 Å². The molecule has 130 valence electrons. The molecule has 1 aliphatic heterocycles. The maximum atomic E-state index is 12.6. The van der Waals surface area contributed by atoms with E-state index in [-0.39, 0.29) is 12.1 Å². The highest BCUT2D eigenvalue weighted by atomic mass is 16.2. The summed E-state index contributed by atoms with van der Waals surface area (Å²) in [6.45, 7) is 11.7. The van der Waals surface area contributed by atoms with Crippen LogP contribution < -0.4 is 4.90 Å². The lowest BCUT2D eigenvalue weighted by atomic mass is 10.3. The molecule has 2 amide bonds. The number of aromatic nitrogens is 4. The van der Waals surface area contributed by atoms with Gasteiger partial charge in [0.2, 0.25) is 0 Å². The van der Waals surface area contributed by atoms with Crippen LogP contribution in [-0.2, 0) is 0 Å². The number of rotatable bonds is 3. The highest BCUT2D eigenvalue weighted by Crippen LogP contribution is 2.16. The highest BCUT2D eigenvalue weighted by Gasteiger charge is 2.26. The van der Waals surface area contributed by atoms with Gasteiger partial charge in [0.1, 0.15) is 5.82 Å². The Hall–Kier alpha value is -2.38. The number of anilines is 1. The first-order valence-corrected chi connectivity index (χ1v) is 8.50. The van der Waals surface area contributed by atoms with E-state index in [1.165, 1.54) is 0 Å². The number of fused-ring (bicyclic) bond motifs is 1. The summed E-state index contributed by atoms with van der Waals surface area (Å²) in [5, 5.41) is 12.7. The van der Waals surface area contributed by atoms with Gasteiger partial charge < -0.3 is 14.7 Å². The molecule has 2 aromatic heterocycles. The number of carbonyl (C=O) groups is 1. The van der Waals surface area contributed by atoms with Gasteiger partial charge in [0.15, 0.2) is 11.5 Å². The van der Waals surface area contributed by atoms with Crippen LogP contribution in [0.2, 0.25) is 0 Å². The fraction of sp³-hybridized carbons (Fsp3) is 0.625. The van der Waals surface area contributed by atoms with Gasteiger partial charge in [-0.05, 0) is 39.8 Å². The summed E-state index contributed by atoms with van der Waals surface area (Å²) in [6.07, 6.45) is 0. The van der Waals surface area contributed by atoms with Crippen LogP contribution in [0.25, 0.3) is 5.65 Å². The monoisotopic (exact) mass is 331 g/mol. The fourth-order valence-electron chi connectivity index (χ4n) is 3.08.